The fourth-order valence-corrected chi connectivity index (χ4v) is 10.9. The molecular weight excluding hydrogens is 456 g/mol. The molecule has 9 unspecified atom stereocenters. The van der Waals surface area contributed by atoms with Gasteiger partial charge in [-0.25, -0.2) is 0 Å². The first-order valence-electron chi connectivity index (χ1n) is 16.2. The Labute approximate surface area is 226 Å². The molecule has 0 aromatic rings. The molecule has 0 spiro atoms. The lowest BCUT2D eigenvalue weighted by molar-refractivity contribution is -0.109. The monoisotopic (exact) mass is 508 g/mol. The maximum atomic E-state index is 6.66. The molecular formula is C33H52N2O2. The number of ether oxygens (including phenoxy) is 2. The second kappa shape index (κ2) is 10.3. The minimum absolute atomic E-state index is 0.304. The van der Waals surface area contributed by atoms with Crippen LogP contribution >= 0.6 is 0 Å². The Balaban J connectivity index is 1.14. The molecule has 0 aromatic carbocycles. The normalized spacial score (nSPS) is 45.4. The molecule has 4 heteroatoms. The minimum Gasteiger partial charge on any atom is -0.493 e. The van der Waals surface area contributed by atoms with Crippen molar-refractivity contribution in [3.05, 3.63) is 23.0 Å². The fourth-order valence-electron chi connectivity index (χ4n) is 10.9. The maximum absolute atomic E-state index is 6.66. The predicted molar refractivity (Wildman–Crippen MR) is 149 cm³/mol. The summed E-state index contributed by atoms with van der Waals surface area (Å²) in [6.07, 6.45) is 19.6. The summed E-state index contributed by atoms with van der Waals surface area (Å²) in [6.45, 7) is 9.90. The van der Waals surface area contributed by atoms with Gasteiger partial charge in [-0.3, -0.25) is 4.90 Å². The number of piperidine rings is 2. The molecule has 0 aromatic heterocycles. The first kappa shape index (κ1) is 25.1. The van der Waals surface area contributed by atoms with Crippen LogP contribution in [0.4, 0.5) is 0 Å². The molecule has 7 rings (SSSR count). The van der Waals surface area contributed by atoms with Gasteiger partial charge in [-0.1, -0.05) is 25.7 Å². The third kappa shape index (κ3) is 4.27. The van der Waals surface area contributed by atoms with Crippen LogP contribution in [0, 0.1) is 35.5 Å². The van der Waals surface area contributed by atoms with Gasteiger partial charge in [0.1, 0.15) is 6.10 Å². The van der Waals surface area contributed by atoms with E-state index < -0.39 is 0 Å². The Bertz CT molecular complexity index is 898. The highest BCUT2D eigenvalue weighted by atomic mass is 16.5. The van der Waals surface area contributed by atoms with Crippen molar-refractivity contribution >= 4 is 0 Å². The zero-order valence-corrected chi connectivity index (χ0v) is 23.9. The second-order valence-electron chi connectivity index (χ2n) is 14.1. The average molecular weight is 509 g/mol. The van der Waals surface area contributed by atoms with Crippen molar-refractivity contribution in [2.75, 3.05) is 33.3 Å². The molecule has 4 saturated carbocycles. The first-order chi connectivity index (χ1) is 18.1. The van der Waals surface area contributed by atoms with E-state index in [2.05, 4.69) is 29.9 Å². The van der Waals surface area contributed by atoms with Crippen molar-refractivity contribution in [2.24, 2.45) is 35.5 Å². The fraction of sp³-hybridized carbons (Fsp3) is 0.879. The molecule has 2 saturated heterocycles. The van der Waals surface area contributed by atoms with Gasteiger partial charge in [0.15, 0.2) is 0 Å². The number of allylic oxidation sites excluding steroid dienone is 2. The largest absolute Gasteiger partial charge is 0.493 e. The van der Waals surface area contributed by atoms with Crippen molar-refractivity contribution in [1.29, 1.82) is 0 Å². The third-order valence-corrected chi connectivity index (χ3v) is 12.7. The standard InChI is InChI=1S/C33H52N2O2/c1-21-20-37-33-27-19-30(36-3)29(35-15-11-24(12-16-35)34-13-7-4-8-14-34)18-26(27)32-25-10-6-5-9-23(25)17-28(32)31(33)22(21)2/h20,23-30,32-33H,4-19H2,1-3H3. The summed E-state index contributed by atoms with van der Waals surface area (Å²) < 4.78 is 13.0. The molecule has 37 heavy (non-hydrogen) atoms. The van der Waals surface area contributed by atoms with Crippen LogP contribution in [0.5, 0.6) is 0 Å². The topological polar surface area (TPSA) is 24.9 Å². The van der Waals surface area contributed by atoms with Gasteiger partial charge in [-0.15, -0.1) is 0 Å². The summed E-state index contributed by atoms with van der Waals surface area (Å²) in [5, 5.41) is 0. The highest BCUT2D eigenvalue weighted by Crippen LogP contribution is 2.63. The van der Waals surface area contributed by atoms with Crippen LogP contribution in [0.15, 0.2) is 23.0 Å². The summed E-state index contributed by atoms with van der Waals surface area (Å²) in [4.78, 5) is 5.71. The highest BCUT2D eigenvalue weighted by Gasteiger charge is 2.60. The van der Waals surface area contributed by atoms with Gasteiger partial charge in [-0.05, 0) is 125 Å². The number of hydrogen-bond acceptors (Lipinski definition) is 4. The number of likely N-dealkylation sites (tertiary alicyclic amines) is 2. The van der Waals surface area contributed by atoms with Gasteiger partial charge in [0.25, 0.3) is 0 Å². The molecule has 3 heterocycles. The maximum Gasteiger partial charge on any atom is 0.123 e. The first-order valence-corrected chi connectivity index (χ1v) is 16.2. The Morgan fingerprint density at radius 3 is 2.35 bits per heavy atom. The zero-order valence-electron chi connectivity index (χ0n) is 23.9. The quantitative estimate of drug-likeness (QED) is 0.439. The van der Waals surface area contributed by atoms with Gasteiger partial charge in [0, 0.05) is 38.2 Å². The number of hydrogen-bond donors (Lipinski definition) is 0. The third-order valence-electron chi connectivity index (χ3n) is 12.7. The summed E-state index contributed by atoms with van der Waals surface area (Å²) in [5.41, 5.74) is 4.65. The van der Waals surface area contributed by atoms with E-state index >= 15 is 0 Å². The van der Waals surface area contributed by atoms with Crippen molar-refractivity contribution in [1.82, 2.24) is 9.80 Å². The smallest absolute Gasteiger partial charge is 0.123 e. The molecule has 0 N–H and O–H groups in total. The van der Waals surface area contributed by atoms with E-state index in [0.717, 1.165) is 35.6 Å². The Hall–Kier alpha value is -0.840. The van der Waals surface area contributed by atoms with Crippen molar-refractivity contribution in [2.45, 2.75) is 115 Å². The van der Waals surface area contributed by atoms with Crippen LogP contribution in [-0.4, -0.2) is 67.4 Å². The molecule has 4 nitrogen and oxygen atoms in total. The summed E-state index contributed by atoms with van der Waals surface area (Å²) in [7, 11) is 1.99. The Morgan fingerprint density at radius 1 is 0.784 bits per heavy atom. The molecule has 0 radical (unpaired) electrons. The van der Waals surface area contributed by atoms with Crippen LogP contribution in [0.25, 0.3) is 0 Å². The SMILES string of the molecule is COC1CC2C3OC=C(C)C(C)=C3C3CC4CCCCC4C3C2CC1N1CCC(N2CCCCC2)CC1. The van der Waals surface area contributed by atoms with Crippen LogP contribution in [0.3, 0.4) is 0 Å². The predicted octanol–water partition coefficient (Wildman–Crippen LogP) is 6.42. The average Bonchev–Trinajstić information content (AvgIpc) is 3.34. The molecule has 3 aliphatic heterocycles. The van der Waals surface area contributed by atoms with Gasteiger partial charge < -0.3 is 14.4 Å². The van der Waals surface area contributed by atoms with Crippen LogP contribution in [0.1, 0.15) is 90.9 Å². The number of fused-ring (bicyclic) bond motifs is 8. The molecule has 6 fully saturated rings. The molecule has 206 valence electrons. The summed E-state index contributed by atoms with van der Waals surface area (Å²) in [5.74, 6) is 5.02. The van der Waals surface area contributed by atoms with E-state index in [1.807, 2.05) is 7.11 Å². The zero-order chi connectivity index (χ0) is 25.1. The van der Waals surface area contributed by atoms with E-state index in [4.69, 9.17) is 9.47 Å². The summed E-state index contributed by atoms with van der Waals surface area (Å²) in [6, 6.07) is 1.43. The molecule has 7 aliphatic rings. The molecule has 4 aliphatic carbocycles. The van der Waals surface area contributed by atoms with Crippen LogP contribution in [0.2, 0.25) is 0 Å². The molecule has 0 bridgehead atoms. The van der Waals surface area contributed by atoms with Gasteiger partial charge in [-0.2, -0.15) is 0 Å². The molecule has 9 atom stereocenters. The number of rotatable bonds is 3. The lowest BCUT2D eigenvalue weighted by atomic mass is 9.55. The number of nitrogens with zero attached hydrogens (tertiary/aromatic N) is 2. The van der Waals surface area contributed by atoms with E-state index in [1.54, 1.807) is 11.1 Å². The van der Waals surface area contributed by atoms with E-state index in [1.165, 1.54) is 109 Å². The summed E-state index contributed by atoms with van der Waals surface area (Å²) >= 11 is 0. The van der Waals surface area contributed by atoms with Gasteiger partial charge in [0.05, 0.1) is 12.4 Å². The van der Waals surface area contributed by atoms with Crippen molar-refractivity contribution in [3.8, 4) is 0 Å². The van der Waals surface area contributed by atoms with Gasteiger partial charge >= 0.3 is 0 Å². The Morgan fingerprint density at radius 2 is 1.57 bits per heavy atom. The van der Waals surface area contributed by atoms with Crippen molar-refractivity contribution in [3.63, 3.8) is 0 Å². The van der Waals surface area contributed by atoms with Crippen LogP contribution in [-0.2, 0) is 9.47 Å². The minimum atomic E-state index is 0.304. The molecule has 0 amide bonds. The van der Waals surface area contributed by atoms with E-state index in [9.17, 15) is 0 Å². The van der Waals surface area contributed by atoms with Crippen molar-refractivity contribution < 1.29 is 9.47 Å². The van der Waals surface area contributed by atoms with E-state index in [-0.39, 0.29) is 0 Å². The van der Waals surface area contributed by atoms with E-state index in [0.29, 0.717) is 24.2 Å². The lowest BCUT2D eigenvalue weighted by Crippen LogP contribution is -2.59. The highest BCUT2D eigenvalue weighted by molar-refractivity contribution is 5.40. The Kier molecular flexibility index (Phi) is 6.99. The van der Waals surface area contributed by atoms with Gasteiger partial charge in [0.2, 0.25) is 0 Å². The number of methoxy groups -OCH3 is 1. The van der Waals surface area contributed by atoms with Crippen LogP contribution < -0.4 is 0 Å². The lowest BCUT2D eigenvalue weighted by Gasteiger charge is -2.56. The second-order valence-corrected chi connectivity index (χ2v) is 14.1.